The van der Waals surface area contributed by atoms with Crippen LogP contribution in [0.1, 0.15) is 30.2 Å². The lowest BCUT2D eigenvalue weighted by molar-refractivity contribution is 0.170. The van der Waals surface area contributed by atoms with Crippen LogP contribution in [-0.2, 0) is 0 Å². The van der Waals surface area contributed by atoms with Crippen LogP contribution < -0.4 is 5.32 Å². The van der Waals surface area contributed by atoms with E-state index in [0.29, 0.717) is 12.1 Å². The van der Waals surface area contributed by atoms with Crippen LogP contribution in [0, 0.1) is 5.82 Å². The number of benzene rings is 1. The zero-order valence-corrected chi connectivity index (χ0v) is 10.8. The first-order chi connectivity index (χ1) is 9.16. The summed E-state index contributed by atoms with van der Waals surface area (Å²) in [6, 6.07) is 9.98. The number of halogens is 1. The van der Waals surface area contributed by atoms with Crippen LogP contribution in [-0.4, -0.2) is 16.6 Å². The molecule has 0 fully saturated rings. The maximum atomic E-state index is 13.1. The minimum Gasteiger partial charge on any atom is -0.387 e. The summed E-state index contributed by atoms with van der Waals surface area (Å²) in [5.41, 5.74) is 1.68. The minimum atomic E-state index is -0.722. The molecule has 0 spiro atoms. The number of nitrogens with one attached hydrogen (secondary N) is 1. The maximum absolute atomic E-state index is 13.1. The Hall–Kier alpha value is -1.78. The van der Waals surface area contributed by atoms with Crippen molar-refractivity contribution >= 4 is 0 Å². The third-order valence-corrected chi connectivity index (χ3v) is 3.06. The van der Waals surface area contributed by atoms with Crippen molar-refractivity contribution in [1.29, 1.82) is 0 Å². The molecule has 0 saturated carbocycles. The molecule has 2 rings (SSSR count). The van der Waals surface area contributed by atoms with Gasteiger partial charge < -0.3 is 10.4 Å². The third-order valence-electron chi connectivity index (χ3n) is 3.06. The van der Waals surface area contributed by atoms with Crippen molar-refractivity contribution in [2.75, 3.05) is 6.54 Å². The number of nitrogens with zero attached hydrogens (tertiary/aromatic N) is 1. The molecule has 0 amide bonds. The molecule has 19 heavy (non-hydrogen) atoms. The summed E-state index contributed by atoms with van der Waals surface area (Å²) in [6.07, 6.45) is 2.74. The number of hydrogen-bond acceptors (Lipinski definition) is 3. The van der Waals surface area contributed by atoms with E-state index in [0.717, 1.165) is 5.56 Å². The predicted molar refractivity (Wildman–Crippen MR) is 72.0 cm³/mol. The number of aliphatic hydroxyl groups is 1. The molecule has 2 aromatic rings. The molecule has 1 aromatic heterocycles. The number of aromatic nitrogens is 1. The van der Waals surface area contributed by atoms with Gasteiger partial charge in [-0.3, -0.25) is 4.98 Å². The zero-order chi connectivity index (χ0) is 13.7. The molecule has 1 heterocycles. The van der Waals surface area contributed by atoms with Gasteiger partial charge in [0, 0.05) is 25.0 Å². The van der Waals surface area contributed by atoms with Gasteiger partial charge in [0.1, 0.15) is 5.82 Å². The first kappa shape index (κ1) is 13.6. The Kier molecular flexibility index (Phi) is 4.60. The predicted octanol–water partition coefficient (Wildman–Crippen LogP) is 2.60. The molecular formula is C15H17FN2O. The summed E-state index contributed by atoms with van der Waals surface area (Å²) in [5, 5.41) is 13.2. The first-order valence-electron chi connectivity index (χ1n) is 6.23. The largest absolute Gasteiger partial charge is 0.387 e. The summed E-state index contributed by atoms with van der Waals surface area (Å²) in [7, 11) is 0. The standard InChI is InChI=1S/C15H17FN2O/c1-11(12-5-7-17-8-6-12)18-10-15(19)13-3-2-4-14(16)9-13/h2-9,11,15,18-19H,10H2,1H3/t11-,15?/m1/s1. The molecule has 0 aliphatic carbocycles. The lowest BCUT2D eigenvalue weighted by atomic mass is 10.1. The lowest BCUT2D eigenvalue weighted by Crippen LogP contribution is -2.24. The first-order valence-corrected chi connectivity index (χ1v) is 6.23. The Morgan fingerprint density at radius 2 is 1.95 bits per heavy atom. The SMILES string of the molecule is C[C@@H](NCC(O)c1cccc(F)c1)c1ccncc1. The molecule has 2 N–H and O–H groups in total. The van der Waals surface area contributed by atoms with E-state index in [9.17, 15) is 9.50 Å². The molecule has 0 aliphatic rings. The smallest absolute Gasteiger partial charge is 0.123 e. The van der Waals surface area contributed by atoms with Gasteiger partial charge in [-0.25, -0.2) is 4.39 Å². The Morgan fingerprint density at radius 1 is 1.21 bits per heavy atom. The van der Waals surface area contributed by atoms with E-state index in [-0.39, 0.29) is 11.9 Å². The van der Waals surface area contributed by atoms with E-state index in [2.05, 4.69) is 10.3 Å². The van der Waals surface area contributed by atoms with E-state index in [1.165, 1.54) is 12.1 Å². The van der Waals surface area contributed by atoms with Crippen molar-refractivity contribution in [2.45, 2.75) is 19.1 Å². The molecule has 0 radical (unpaired) electrons. The van der Waals surface area contributed by atoms with Gasteiger partial charge in [-0.1, -0.05) is 12.1 Å². The number of hydrogen-bond donors (Lipinski definition) is 2. The van der Waals surface area contributed by atoms with Gasteiger partial charge in [0.15, 0.2) is 0 Å². The molecule has 2 atom stereocenters. The number of aliphatic hydroxyl groups excluding tert-OH is 1. The Balaban J connectivity index is 1.92. The van der Waals surface area contributed by atoms with Crippen LogP contribution in [0.15, 0.2) is 48.8 Å². The summed E-state index contributed by atoms with van der Waals surface area (Å²) in [5.74, 6) is -0.335. The van der Waals surface area contributed by atoms with Gasteiger partial charge in [-0.05, 0) is 42.3 Å². The molecule has 1 unspecified atom stereocenters. The van der Waals surface area contributed by atoms with Gasteiger partial charge in [-0.2, -0.15) is 0 Å². The third kappa shape index (κ3) is 3.84. The number of pyridine rings is 1. The highest BCUT2D eigenvalue weighted by Gasteiger charge is 2.11. The Morgan fingerprint density at radius 3 is 2.63 bits per heavy atom. The quantitative estimate of drug-likeness (QED) is 0.868. The van der Waals surface area contributed by atoms with Crippen molar-refractivity contribution in [2.24, 2.45) is 0 Å². The van der Waals surface area contributed by atoms with Crippen LogP contribution in [0.2, 0.25) is 0 Å². The van der Waals surface area contributed by atoms with E-state index >= 15 is 0 Å². The van der Waals surface area contributed by atoms with Crippen LogP contribution in [0.3, 0.4) is 0 Å². The average molecular weight is 260 g/mol. The second-order valence-electron chi connectivity index (χ2n) is 4.48. The molecule has 3 nitrogen and oxygen atoms in total. The second-order valence-corrected chi connectivity index (χ2v) is 4.48. The maximum Gasteiger partial charge on any atom is 0.123 e. The van der Waals surface area contributed by atoms with Crippen molar-refractivity contribution in [3.05, 3.63) is 65.7 Å². The van der Waals surface area contributed by atoms with Crippen molar-refractivity contribution in [1.82, 2.24) is 10.3 Å². The topological polar surface area (TPSA) is 45.1 Å². The molecule has 100 valence electrons. The summed E-state index contributed by atoms with van der Waals surface area (Å²) in [6.45, 7) is 2.38. The van der Waals surface area contributed by atoms with Crippen LogP contribution in [0.5, 0.6) is 0 Å². The Labute approximate surface area is 112 Å². The zero-order valence-electron chi connectivity index (χ0n) is 10.8. The molecule has 0 saturated heterocycles. The molecular weight excluding hydrogens is 243 g/mol. The fourth-order valence-electron chi connectivity index (χ4n) is 1.89. The lowest BCUT2D eigenvalue weighted by Gasteiger charge is -2.17. The summed E-state index contributed by atoms with van der Waals surface area (Å²) >= 11 is 0. The molecule has 0 aliphatic heterocycles. The van der Waals surface area contributed by atoms with Crippen LogP contribution in [0.4, 0.5) is 4.39 Å². The fourth-order valence-corrected chi connectivity index (χ4v) is 1.89. The fraction of sp³-hybridized carbons (Fsp3) is 0.267. The van der Waals surface area contributed by atoms with Crippen LogP contribution >= 0.6 is 0 Å². The van der Waals surface area contributed by atoms with E-state index in [1.54, 1.807) is 24.5 Å². The summed E-state index contributed by atoms with van der Waals surface area (Å²) < 4.78 is 13.1. The number of rotatable bonds is 5. The molecule has 1 aromatic carbocycles. The van der Waals surface area contributed by atoms with Crippen LogP contribution in [0.25, 0.3) is 0 Å². The van der Waals surface area contributed by atoms with E-state index in [1.807, 2.05) is 19.1 Å². The molecule has 0 bridgehead atoms. The highest BCUT2D eigenvalue weighted by Crippen LogP contribution is 2.15. The summed E-state index contributed by atoms with van der Waals surface area (Å²) in [4.78, 5) is 3.96. The Bertz CT molecular complexity index is 519. The minimum absolute atomic E-state index is 0.103. The highest BCUT2D eigenvalue weighted by atomic mass is 19.1. The van der Waals surface area contributed by atoms with Gasteiger partial charge >= 0.3 is 0 Å². The molecule has 4 heteroatoms. The van der Waals surface area contributed by atoms with Crippen molar-refractivity contribution < 1.29 is 9.50 Å². The van der Waals surface area contributed by atoms with Gasteiger partial charge in [0.25, 0.3) is 0 Å². The monoisotopic (exact) mass is 260 g/mol. The van der Waals surface area contributed by atoms with Crippen molar-refractivity contribution in [3.8, 4) is 0 Å². The van der Waals surface area contributed by atoms with E-state index in [4.69, 9.17) is 0 Å². The van der Waals surface area contributed by atoms with E-state index < -0.39 is 6.10 Å². The second kappa shape index (κ2) is 6.41. The normalized spacial score (nSPS) is 14.1. The van der Waals surface area contributed by atoms with Crippen molar-refractivity contribution in [3.63, 3.8) is 0 Å². The average Bonchev–Trinajstić information content (AvgIpc) is 2.45. The van der Waals surface area contributed by atoms with Gasteiger partial charge in [0.2, 0.25) is 0 Å². The van der Waals surface area contributed by atoms with Gasteiger partial charge in [-0.15, -0.1) is 0 Å². The highest BCUT2D eigenvalue weighted by molar-refractivity contribution is 5.19. The van der Waals surface area contributed by atoms with Gasteiger partial charge in [0.05, 0.1) is 6.10 Å².